The summed E-state index contributed by atoms with van der Waals surface area (Å²) in [6.45, 7) is 2.99. The van der Waals surface area contributed by atoms with Crippen molar-refractivity contribution in [1.29, 1.82) is 0 Å². The molecule has 2 aromatic rings. The molecule has 0 aliphatic rings. The molecule has 3 heteroatoms. The van der Waals surface area contributed by atoms with Gasteiger partial charge < -0.3 is 10.1 Å². The lowest BCUT2D eigenvalue weighted by Gasteiger charge is -2.10. The van der Waals surface area contributed by atoms with E-state index in [0.717, 1.165) is 18.7 Å². The Morgan fingerprint density at radius 2 is 1.89 bits per heavy atom. The fourth-order valence-corrected chi connectivity index (χ4v) is 1.88. The highest BCUT2D eigenvalue weighted by molar-refractivity contribution is 5.43. The Morgan fingerprint density at radius 1 is 1.11 bits per heavy atom. The molecule has 18 heavy (non-hydrogen) atoms. The Bertz CT molecular complexity index is 494. The molecule has 0 radical (unpaired) electrons. The van der Waals surface area contributed by atoms with Gasteiger partial charge in [-0.2, -0.15) is 0 Å². The first kappa shape index (κ1) is 12.4. The number of aromatic nitrogens is 1. The number of nitrogens with one attached hydrogen (secondary N) is 1. The summed E-state index contributed by atoms with van der Waals surface area (Å²) < 4.78 is 5.03. The summed E-state index contributed by atoms with van der Waals surface area (Å²) >= 11 is 0. The summed E-state index contributed by atoms with van der Waals surface area (Å²) in [7, 11) is 1.62. The van der Waals surface area contributed by atoms with Crippen LogP contribution in [0.5, 0.6) is 5.88 Å². The van der Waals surface area contributed by atoms with Crippen LogP contribution >= 0.6 is 0 Å². The Hall–Kier alpha value is -2.03. The highest BCUT2D eigenvalue weighted by Gasteiger charge is 2.00. The van der Waals surface area contributed by atoms with Crippen molar-refractivity contribution in [1.82, 2.24) is 4.98 Å². The molecule has 1 N–H and O–H groups in total. The van der Waals surface area contributed by atoms with Crippen molar-refractivity contribution in [2.75, 3.05) is 12.4 Å². The zero-order valence-electron chi connectivity index (χ0n) is 10.8. The maximum Gasteiger partial charge on any atom is 0.213 e. The summed E-state index contributed by atoms with van der Waals surface area (Å²) in [4.78, 5) is 4.17. The number of nitrogens with zero attached hydrogens (tertiary/aromatic N) is 1. The van der Waals surface area contributed by atoms with Gasteiger partial charge in [0.1, 0.15) is 0 Å². The summed E-state index contributed by atoms with van der Waals surface area (Å²) in [6.07, 6.45) is 2.84. The highest BCUT2D eigenvalue weighted by atomic mass is 16.5. The predicted octanol–water partition coefficient (Wildman–Crippen LogP) is 3.26. The molecule has 2 rings (SSSR count). The van der Waals surface area contributed by atoms with Crippen LogP contribution in [-0.4, -0.2) is 12.1 Å². The number of aryl methyl sites for hydroxylation is 1. The zero-order chi connectivity index (χ0) is 12.8. The van der Waals surface area contributed by atoms with Crippen molar-refractivity contribution in [2.45, 2.75) is 19.9 Å². The number of methoxy groups -OCH3 is 1. The van der Waals surface area contributed by atoms with E-state index in [1.807, 2.05) is 12.1 Å². The molecule has 1 aromatic carbocycles. The Labute approximate surface area is 108 Å². The van der Waals surface area contributed by atoms with E-state index in [-0.39, 0.29) is 0 Å². The van der Waals surface area contributed by atoms with Crippen molar-refractivity contribution in [3.63, 3.8) is 0 Å². The van der Waals surface area contributed by atoms with Crippen molar-refractivity contribution in [3.8, 4) is 5.88 Å². The maximum absolute atomic E-state index is 5.03. The van der Waals surface area contributed by atoms with E-state index in [9.17, 15) is 0 Å². The number of hydrogen-bond donors (Lipinski definition) is 1. The number of anilines is 1. The molecule has 0 unspecified atom stereocenters. The van der Waals surface area contributed by atoms with E-state index in [0.29, 0.717) is 5.88 Å². The molecule has 0 aliphatic heterocycles. The van der Waals surface area contributed by atoms with Crippen LogP contribution in [0.4, 0.5) is 5.69 Å². The van der Waals surface area contributed by atoms with E-state index in [4.69, 9.17) is 4.74 Å². The molecular formula is C15H18N2O. The van der Waals surface area contributed by atoms with Gasteiger partial charge in [0.15, 0.2) is 0 Å². The van der Waals surface area contributed by atoms with Crippen LogP contribution in [0.2, 0.25) is 0 Å². The lowest BCUT2D eigenvalue weighted by Crippen LogP contribution is -2.02. The van der Waals surface area contributed by atoms with Gasteiger partial charge in [0.25, 0.3) is 0 Å². The number of hydrogen-bond acceptors (Lipinski definition) is 3. The van der Waals surface area contributed by atoms with E-state index >= 15 is 0 Å². The van der Waals surface area contributed by atoms with Crippen LogP contribution in [0.1, 0.15) is 18.1 Å². The summed E-state index contributed by atoms with van der Waals surface area (Å²) in [5.41, 5.74) is 3.71. The summed E-state index contributed by atoms with van der Waals surface area (Å²) in [5, 5.41) is 3.37. The molecule has 0 spiro atoms. The minimum Gasteiger partial charge on any atom is -0.481 e. The van der Waals surface area contributed by atoms with Gasteiger partial charge in [-0.15, -0.1) is 0 Å². The third kappa shape index (κ3) is 3.00. The van der Waals surface area contributed by atoms with Crippen LogP contribution in [0, 0.1) is 0 Å². The van der Waals surface area contributed by atoms with Crippen molar-refractivity contribution >= 4 is 5.69 Å². The second-order valence-corrected chi connectivity index (χ2v) is 4.07. The number of pyridine rings is 1. The topological polar surface area (TPSA) is 34.1 Å². The third-order valence-corrected chi connectivity index (χ3v) is 2.93. The first-order chi connectivity index (χ1) is 8.83. The highest BCUT2D eigenvalue weighted by Crippen LogP contribution is 2.14. The monoisotopic (exact) mass is 242 g/mol. The predicted molar refractivity (Wildman–Crippen MR) is 73.9 cm³/mol. The van der Waals surface area contributed by atoms with Gasteiger partial charge in [0.05, 0.1) is 19.0 Å². The molecule has 0 amide bonds. The molecule has 0 bridgehead atoms. The van der Waals surface area contributed by atoms with Crippen LogP contribution in [0.3, 0.4) is 0 Å². The van der Waals surface area contributed by atoms with E-state index in [2.05, 4.69) is 41.5 Å². The number of ether oxygens (including phenoxy) is 1. The summed E-state index contributed by atoms with van der Waals surface area (Å²) in [5.74, 6) is 0.634. The fraction of sp³-hybridized carbons (Fsp3) is 0.267. The smallest absolute Gasteiger partial charge is 0.213 e. The van der Waals surface area contributed by atoms with Gasteiger partial charge in [-0.3, -0.25) is 0 Å². The SMILES string of the molecule is CCc1ccccc1CNc1ccc(OC)nc1. The van der Waals surface area contributed by atoms with Crippen molar-refractivity contribution in [3.05, 3.63) is 53.7 Å². The normalized spacial score (nSPS) is 10.1. The van der Waals surface area contributed by atoms with Gasteiger partial charge in [-0.1, -0.05) is 31.2 Å². The molecule has 3 nitrogen and oxygen atoms in total. The van der Waals surface area contributed by atoms with Crippen molar-refractivity contribution in [2.24, 2.45) is 0 Å². The Kier molecular flexibility index (Phi) is 4.18. The maximum atomic E-state index is 5.03. The fourth-order valence-electron chi connectivity index (χ4n) is 1.88. The molecule has 0 fully saturated rings. The van der Waals surface area contributed by atoms with Crippen molar-refractivity contribution < 1.29 is 4.74 Å². The number of benzene rings is 1. The second-order valence-electron chi connectivity index (χ2n) is 4.07. The Balaban J connectivity index is 2.02. The first-order valence-corrected chi connectivity index (χ1v) is 6.14. The van der Waals surface area contributed by atoms with Gasteiger partial charge in [0.2, 0.25) is 5.88 Å². The van der Waals surface area contributed by atoms with E-state index in [1.54, 1.807) is 13.3 Å². The van der Waals surface area contributed by atoms with Crippen LogP contribution in [-0.2, 0) is 13.0 Å². The zero-order valence-corrected chi connectivity index (χ0v) is 10.8. The van der Waals surface area contributed by atoms with Gasteiger partial charge in [-0.25, -0.2) is 4.98 Å². The molecule has 94 valence electrons. The Morgan fingerprint density at radius 3 is 2.50 bits per heavy atom. The van der Waals surface area contributed by atoms with Gasteiger partial charge in [0, 0.05) is 12.6 Å². The lowest BCUT2D eigenvalue weighted by molar-refractivity contribution is 0.398. The molecular weight excluding hydrogens is 224 g/mol. The average molecular weight is 242 g/mol. The molecule has 0 saturated heterocycles. The quantitative estimate of drug-likeness (QED) is 0.873. The minimum absolute atomic E-state index is 0.634. The van der Waals surface area contributed by atoms with E-state index < -0.39 is 0 Å². The molecule has 1 aromatic heterocycles. The van der Waals surface area contributed by atoms with Crippen LogP contribution < -0.4 is 10.1 Å². The van der Waals surface area contributed by atoms with E-state index in [1.165, 1.54) is 11.1 Å². The molecule has 0 aliphatic carbocycles. The van der Waals surface area contributed by atoms with Gasteiger partial charge >= 0.3 is 0 Å². The number of rotatable bonds is 5. The minimum atomic E-state index is 0.634. The first-order valence-electron chi connectivity index (χ1n) is 6.14. The second kappa shape index (κ2) is 6.05. The largest absolute Gasteiger partial charge is 0.481 e. The lowest BCUT2D eigenvalue weighted by atomic mass is 10.1. The standard InChI is InChI=1S/C15H18N2O/c1-3-12-6-4-5-7-13(12)10-16-14-8-9-15(18-2)17-11-14/h4-9,11,16H,3,10H2,1-2H3. The summed E-state index contributed by atoms with van der Waals surface area (Å²) in [6, 6.07) is 12.3. The average Bonchev–Trinajstić information content (AvgIpc) is 2.46. The molecule has 0 atom stereocenters. The van der Waals surface area contributed by atoms with Gasteiger partial charge in [-0.05, 0) is 23.6 Å². The van der Waals surface area contributed by atoms with Crippen LogP contribution in [0.15, 0.2) is 42.6 Å². The molecule has 1 heterocycles. The van der Waals surface area contributed by atoms with Crippen LogP contribution in [0.25, 0.3) is 0 Å². The molecule has 0 saturated carbocycles. The third-order valence-electron chi connectivity index (χ3n) is 2.93.